The monoisotopic (exact) mass is 293 g/mol. The van der Waals surface area contributed by atoms with Crippen LogP contribution in [0.1, 0.15) is 15.9 Å². The summed E-state index contributed by atoms with van der Waals surface area (Å²) in [7, 11) is 0. The molecule has 0 atom stereocenters. The van der Waals surface area contributed by atoms with Crippen LogP contribution in [0.3, 0.4) is 0 Å². The minimum atomic E-state index is -3.23. The first kappa shape index (κ1) is 14.8. The maximum absolute atomic E-state index is 14.0. The molecule has 0 fully saturated rings. The van der Waals surface area contributed by atoms with E-state index in [1.165, 1.54) is 42.5 Å². The minimum absolute atomic E-state index is 0.0389. The molecular formula is C15H13F2NO3. The molecule has 0 radical (unpaired) electrons. The van der Waals surface area contributed by atoms with Gasteiger partial charge in [0.1, 0.15) is 11.3 Å². The number of benzene rings is 2. The zero-order chi connectivity index (χ0) is 15.5. The Hall–Kier alpha value is -2.63. The van der Waals surface area contributed by atoms with Gasteiger partial charge in [-0.25, -0.2) is 4.79 Å². The van der Waals surface area contributed by atoms with Gasteiger partial charge in [-0.3, -0.25) is 0 Å². The number of hydrogen-bond donors (Lipinski definition) is 2. The normalized spacial score (nSPS) is 11.1. The summed E-state index contributed by atoms with van der Waals surface area (Å²) in [5, 5.41) is 9.05. The van der Waals surface area contributed by atoms with E-state index in [1.54, 1.807) is 6.07 Å². The van der Waals surface area contributed by atoms with Crippen LogP contribution in [0.15, 0.2) is 48.5 Å². The topological polar surface area (TPSA) is 72.5 Å². The van der Waals surface area contributed by atoms with Crippen molar-refractivity contribution in [2.45, 2.75) is 5.92 Å². The average Bonchev–Trinajstić information content (AvgIpc) is 2.46. The highest BCUT2D eigenvalue weighted by atomic mass is 19.3. The van der Waals surface area contributed by atoms with Crippen molar-refractivity contribution in [2.24, 2.45) is 0 Å². The van der Waals surface area contributed by atoms with Crippen molar-refractivity contribution in [1.29, 1.82) is 0 Å². The third kappa shape index (κ3) is 3.28. The molecule has 4 nitrogen and oxygen atoms in total. The lowest BCUT2D eigenvalue weighted by Gasteiger charge is -2.18. The molecule has 0 spiro atoms. The number of halogens is 2. The lowest BCUT2D eigenvalue weighted by molar-refractivity contribution is -0.0469. The number of nitrogens with two attached hydrogens (primary N) is 1. The molecule has 0 aromatic heterocycles. The first-order valence-electron chi connectivity index (χ1n) is 6.10. The fourth-order valence-electron chi connectivity index (χ4n) is 1.83. The van der Waals surface area contributed by atoms with Crippen LogP contribution in [0, 0.1) is 0 Å². The predicted octanol–water partition coefficient (Wildman–Crippen LogP) is 3.14. The molecule has 2 aromatic rings. The molecule has 6 heteroatoms. The Morgan fingerprint density at radius 3 is 2.43 bits per heavy atom. The lowest BCUT2D eigenvalue weighted by atomic mass is 10.1. The Labute approximate surface area is 119 Å². The molecule has 0 aliphatic carbocycles. The van der Waals surface area contributed by atoms with Crippen molar-refractivity contribution < 1.29 is 23.4 Å². The van der Waals surface area contributed by atoms with Crippen LogP contribution in [0.5, 0.6) is 5.75 Å². The lowest BCUT2D eigenvalue weighted by Crippen LogP contribution is -2.23. The minimum Gasteiger partial charge on any atom is -0.486 e. The number of hydrogen-bond acceptors (Lipinski definition) is 3. The smallest absolute Gasteiger partial charge is 0.341 e. The molecule has 0 heterocycles. The SMILES string of the molecule is Nc1cccc(OCC(F)(F)c2ccccc2)c1C(=O)O. The molecule has 2 rings (SSSR count). The fourth-order valence-corrected chi connectivity index (χ4v) is 1.83. The van der Waals surface area contributed by atoms with E-state index in [0.717, 1.165) is 0 Å². The quantitative estimate of drug-likeness (QED) is 0.831. The summed E-state index contributed by atoms with van der Waals surface area (Å²) >= 11 is 0. The first-order valence-corrected chi connectivity index (χ1v) is 6.10. The van der Waals surface area contributed by atoms with Gasteiger partial charge in [0.05, 0.1) is 0 Å². The number of carboxylic acid groups (broad SMARTS) is 1. The second-order valence-corrected chi connectivity index (χ2v) is 4.38. The zero-order valence-corrected chi connectivity index (χ0v) is 10.9. The maximum atomic E-state index is 14.0. The number of aromatic carboxylic acids is 1. The molecular weight excluding hydrogens is 280 g/mol. The Balaban J connectivity index is 2.21. The van der Waals surface area contributed by atoms with E-state index in [0.29, 0.717) is 0 Å². The number of anilines is 1. The number of carbonyl (C=O) groups is 1. The molecule has 0 bridgehead atoms. The number of rotatable bonds is 5. The number of carboxylic acids is 1. The van der Waals surface area contributed by atoms with Crippen LogP contribution in [0.25, 0.3) is 0 Å². The molecule has 0 amide bonds. The number of alkyl halides is 2. The fraction of sp³-hybridized carbons (Fsp3) is 0.133. The van der Waals surface area contributed by atoms with Gasteiger partial charge in [0.2, 0.25) is 0 Å². The first-order chi connectivity index (χ1) is 9.92. The van der Waals surface area contributed by atoms with Crippen molar-refractivity contribution in [1.82, 2.24) is 0 Å². The standard InChI is InChI=1S/C15H13F2NO3/c16-15(17,10-5-2-1-3-6-10)9-21-12-8-4-7-11(18)13(12)14(19)20/h1-8H,9,18H2,(H,19,20). The van der Waals surface area contributed by atoms with Crippen molar-refractivity contribution in [3.05, 3.63) is 59.7 Å². The van der Waals surface area contributed by atoms with Crippen LogP contribution in [0.2, 0.25) is 0 Å². The van der Waals surface area contributed by atoms with Gasteiger partial charge in [0.15, 0.2) is 6.61 Å². The van der Waals surface area contributed by atoms with E-state index in [-0.39, 0.29) is 22.6 Å². The number of ether oxygens (including phenoxy) is 1. The summed E-state index contributed by atoms with van der Waals surface area (Å²) in [6.45, 7) is -0.971. The summed E-state index contributed by atoms with van der Waals surface area (Å²) in [6.07, 6.45) is 0. The van der Waals surface area contributed by atoms with E-state index in [2.05, 4.69) is 0 Å². The second kappa shape index (κ2) is 5.78. The summed E-state index contributed by atoms with van der Waals surface area (Å²) in [6, 6.07) is 11.3. The van der Waals surface area contributed by atoms with E-state index in [9.17, 15) is 13.6 Å². The molecule has 3 N–H and O–H groups in total. The summed E-state index contributed by atoms with van der Waals surface area (Å²) in [5.74, 6) is -4.74. The summed E-state index contributed by atoms with van der Waals surface area (Å²) in [4.78, 5) is 11.1. The zero-order valence-electron chi connectivity index (χ0n) is 10.9. The van der Waals surface area contributed by atoms with Crippen molar-refractivity contribution in [3.63, 3.8) is 0 Å². The Morgan fingerprint density at radius 1 is 1.14 bits per heavy atom. The van der Waals surface area contributed by atoms with Gasteiger partial charge in [-0.2, -0.15) is 8.78 Å². The van der Waals surface area contributed by atoms with E-state index < -0.39 is 18.5 Å². The van der Waals surface area contributed by atoms with Gasteiger partial charge >= 0.3 is 11.9 Å². The van der Waals surface area contributed by atoms with Crippen molar-refractivity contribution in [2.75, 3.05) is 12.3 Å². The Bertz CT molecular complexity index is 645. The number of nitrogen functional groups attached to an aromatic ring is 1. The van der Waals surface area contributed by atoms with Crippen molar-refractivity contribution in [3.8, 4) is 5.75 Å². The third-order valence-corrected chi connectivity index (χ3v) is 2.88. The van der Waals surface area contributed by atoms with Crippen LogP contribution < -0.4 is 10.5 Å². The van der Waals surface area contributed by atoms with Gasteiger partial charge in [-0.1, -0.05) is 36.4 Å². The van der Waals surface area contributed by atoms with E-state index >= 15 is 0 Å². The molecule has 110 valence electrons. The maximum Gasteiger partial charge on any atom is 0.341 e. The van der Waals surface area contributed by atoms with Gasteiger partial charge in [-0.15, -0.1) is 0 Å². The molecule has 0 saturated heterocycles. The predicted molar refractivity (Wildman–Crippen MR) is 73.6 cm³/mol. The van der Waals surface area contributed by atoms with Crippen LogP contribution in [-0.4, -0.2) is 17.7 Å². The highest BCUT2D eigenvalue weighted by Gasteiger charge is 2.33. The second-order valence-electron chi connectivity index (χ2n) is 4.38. The molecule has 21 heavy (non-hydrogen) atoms. The summed E-state index contributed by atoms with van der Waals surface area (Å²) < 4.78 is 32.9. The van der Waals surface area contributed by atoms with Gasteiger partial charge in [0.25, 0.3) is 0 Å². The Morgan fingerprint density at radius 2 is 1.81 bits per heavy atom. The van der Waals surface area contributed by atoms with Crippen LogP contribution >= 0.6 is 0 Å². The van der Waals surface area contributed by atoms with E-state index in [4.69, 9.17) is 15.6 Å². The molecule has 0 saturated carbocycles. The van der Waals surface area contributed by atoms with Crippen LogP contribution in [-0.2, 0) is 5.92 Å². The van der Waals surface area contributed by atoms with Gasteiger partial charge in [0, 0.05) is 11.3 Å². The Kier molecular flexibility index (Phi) is 4.07. The van der Waals surface area contributed by atoms with Crippen molar-refractivity contribution >= 4 is 11.7 Å². The molecule has 0 aliphatic heterocycles. The highest BCUT2D eigenvalue weighted by molar-refractivity contribution is 5.96. The largest absolute Gasteiger partial charge is 0.486 e. The summed E-state index contributed by atoms with van der Waals surface area (Å²) in [5.41, 5.74) is 4.96. The van der Waals surface area contributed by atoms with Gasteiger partial charge < -0.3 is 15.6 Å². The van der Waals surface area contributed by atoms with E-state index in [1.807, 2.05) is 0 Å². The average molecular weight is 293 g/mol. The highest BCUT2D eigenvalue weighted by Crippen LogP contribution is 2.31. The molecule has 0 aliphatic rings. The van der Waals surface area contributed by atoms with Gasteiger partial charge in [-0.05, 0) is 12.1 Å². The third-order valence-electron chi connectivity index (χ3n) is 2.88. The molecule has 0 unspecified atom stereocenters. The van der Waals surface area contributed by atoms with Crippen LogP contribution in [0.4, 0.5) is 14.5 Å². The molecule has 2 aromatic carbocycles.